The lowest BCUT2D eigenvalue weighted by Crippen LogP contribution is -2.04. The Bertz CT molecular complexity index is 634. The van der Waals surface area contributed by atoms with Gasteiger partial charge in [-0.05, 0) is 48.4 Å². The van der Waals surface area contributed by atoms with Crippen molar-refractivity contribution in [2.45, 2.75) is 25.7 Å². The van der Waals surface area contributed by atoms with E-state index in [4.69, 9.17) is 0 Å². The monoisotopic (exact) mass is 253 g/mol. The summed E-state index contributed by atoms with van der Waals surface area (Å²) >= 11 is 0. The second-order valence-corrected chi connectivity index (χ2v) is 4.92. The number of hydrogen-bond acceptors (Lipinski definition) is 2. The van der Waals surface area contributed by atoms with Crippen molar-refractivity contribution >= 4 is 5.97 Å². The average molecular weight is 253 g/mol. The highest BCUT2D eigenvalue weighted by Crippen LogP contribution is 2.28. The number of carboxylic acid groups (broad SMARTS) is 1. The summed E-state index contributed by atoms with van der Waals surface area (Å²) in [5, 5.41) is 9.24. The van der Waals surface area contributed by atoms with E-state index >= 15 is 0 Å². The quantitative estimate of drug-likeness (QED) is 0.893. The van der Waals surface area contributed by atoms with Crippen molar-refractivity contribution in [3.05, 3.63) is 53.3 Å². The summed E-state index contributed by atoms with van der Waals surface area (Å²) in [4.78, 5) is 15.3. The Hall–Kier alpha value is -2.16. The second-order valence-electron chi connectivity index (χ2n) is 4.92. The molecule has 0 fully saturated rings. The van der Waals surface area contributed by atoms with Gasteiger partial charge in [0.2, 0.25) is 0 Å². The van der Waals surface area contributed by atoms with E-state index in [1.54, 1.807) is 12.3 Å². The van der Waals surface area contributed by atoms with Crippen molar-refractivity contribution in [3.8, 4) is 11.1 Å². The number of nitrogens with zero attached hydrogens (tertiary/aromatic N) is 1. The van der Waals surface area contributed by atoms with E-state index in [0.717, 1.165) is 18.4 Å². The number of fused-ring (bicyclic) bond motifs is 1. The molecular weight excluding hydrogens is 238 g/mol. The van der Waals surface area contributed by atoms with Gasteiger partial charge in [-0.1, -0.05) is 18.2 Å². The van der Waals surface area contributed by atoms with Crippen LogP contribution in [0.3, 0.4) is 0 Å². The Labute approximate surface area is 111 Å². The first-order valence-corrected chi connectivity index (χ1v) is 6.55. The van der Waals surface area contributed by atoms with Crippen molar-refractivity contribution < 1.29 is 9.90 Å². The summed E-state index contributed by atoms with van der Waals surface area (Å²) in [6.07, 6.45) is 7.84. The van der Waals surface area contributed by atoms with Crippen LogP contribution in [0, 0.1) is 0 Å². The first-order valence-electron chi connectivity index (χ1n) is 6.55. The number of aromatic carboxylic acids is 1. The lowest BCUT2D eigenvalue weighted by atomic mass is 9.88. The van der Waals surface area contributed by atoms with Gasteiger partial charge >= 0.3 is 5.97 Å². The van der Waals surface area contributed by atoms with E-state index in [1.165, 1.54) is 30.2 Å². The zero-order valence-electron chi connectivity index (χ0n) is 10.6. The minimum Gasteiger partial charge on any atom is -0.478 e. The molecule has 1 heterocycles. The first-order chi connectivity index (χ1) is 9.25. The number of benzene rings is 1. The summed E-state index contributed by atoms with van der Waals surface area (Å²) in [5.74, 6) is -0.907. The largest absolute Gasteiger partial charge is 0.478 e. The number of pyridine rings is 1. The van der Waals surface area contributed by atoms with Gasteiger partial charge in [0.25, 0.3) is 0 Å². The molecule has 0 bridgehead atoms. The molecule has 2 aromatic rings. The van der Waals surface area contributed by atoms with E-state index in [-0.39, 0.29) is 0 Å². The summed E-state index contributed by atoms with van der Waals surface area (Å²) in [6, 6.07) is 7.81. The Balaban J connectivity index is 2.10. The Morgan fingerprint density at radius 2 is 1.89 bits per heavy atom. The molecule has 1 aliphatic carbocycles. The number of carbonyl (C=O) groups is 1. The molecule has 96 valence electrons. The highest BCUT2D eigenvalue weighted by atomic mass is 16.4. The van der Waals surface area contributed by atoms with Crippen LogP contribution >= 0.6 is 0 Å². The molecule has 19 heavy (non-hydrogen) atoms. The van der Waals surface area contributed by atoms with Crippen molar-refractivity contribution in [1.29, 1.82) is 0 Å². The van der Waals surface area contributed by atoms with Crippen molar-refractivity contribution in [1.82, 2.24) is 4.98 Å². The normalized spacial score (nSPS) is 13.9. The second kappa shape index (κ2) is 4.84. The summed E-state index contributed by atoms with van der Waals surface area (Å²) in [7, 11) is 0. The van der Waals surface area contributed by atoms with Crippen LogP contribution < -0.4 is 0 Å². The maximum absolute atomic E-state index is 11.3. The molecule has 1 aromatic carbocycles. The zero-order valence-corrected chi connectivity index (χ0v) is 10.6. The highest BCUT2D eigenvalue weighted by molar-refractivity contribution is 5.95. The van der Waals surface area contributed by atoms with Crippen LogP contribution in [0.5, 0.6) is 0 Å². The number of hydrogen-bond donors (Lipinski definition) is 1. The predicted octanol–water partition coefficient (Wildman–Crippen LogP) is 3.33. The van der Waals surface area contributed by atoms with Crippen molar-refractivity contribution in [3.63, 3.8) is 0 Å². The van der Waals surface area contributed by atoms with Gasteiger partial charge in [-0.25, -0.2) is 4.79 Å². The molecule has 0 aliphatic heterocycles. The molecule has 0 saturated carbocycles. The molecule has 0 spiro atoms. The van der Waals surface area contributed by atoms with Crippen LogP contribution in [-0.2, 0) is 12.8 Å². The van der Waals surface area contributed by atoms with Gasteiger partial charge in [0, 0.05) is 18.0 Å². The number of aryl methyl sites for hydroxylation is 2. The Morgan fingerprint density at radius 1 is 1.11 bits per heavy atom. The predicted molar refractivity (Wildman–Crippen MR) is 73.3 cm³/mol. The fourth-order valence-corrected chi connectivity index (χ4v) is 2.71. The van der Waals surface area contributed by atoms with Crippen LogP contribution in [0.15, 0.2) is 36.7 Å². The van der Waals surface area contributed by atoms with Crippen LogP contribution in [0.1, 0.15) is 34.3 Å². The molecule has 0 radical (unpaired) electrons. The lowest BCUT2D eigenvalue weighted by molar-refractivity contribution is 0.0697. The maximum Gasteiger partial charge on any atom is 0.336 e. The molecule has 1 N–H and O–H groups in total. The average Bonchev–Trinajstić information content (AvgIpc) is 2.46. The molecule has 0 saturated heterocycles. The molecule has 0 unspecified atom stereocenters. The van der Waals surface area contributed by atoms with Crippen LogP contribution in [0.25, 0.3) is 11.1 Å². The third-order valence-electron chi connectivity index (χ3n) is 3.71. The van der Waals surface area contributed by atoms with Gasteiger partial charge in [-0.15, -0.1) is 0 Å². The van der Waals surface area contributed by atoms with Gasteiger partial charge in [-0.2, -0.15) is 0 Å². The van der Waals surface area contributed by atoms with Crippen LogP contribution in [-0.4, -0.2) is 16.1 Å². The maximum atomic E-state index is 11.3. The summed E-state index contributed by atoms with van der Waals surface area (Å²) in [5.41, 5.74) is 4.71. The molecule has 0 amide bonds. The van der Waals surface area contributed by atoms with Crippen LogP contribution in [0.4, 0.5) is 0 Å². The van der Waals surface area contributed by atoms with Crippen molar-refractivity contribution in [2.24, 2.45) is 0 Å². The number of aromatic nitrogens is 1. The van der Waals surface area contributed by atoms with E-state index < -0.39 is 5.97 Å². The Morgan fingerprint density at radius 3 is 2.68 bits per heavy atom. The molecule has 3 rings (SSSR count). The fraction of sp³-hybridized carbons (Fsp3) is 0.250. The molecule has 0 atom stereocenters. The molecule has 3 nitrogen and oxygen atoms in total. The van der Waals surface area contributed by atoms with E-state index in [2.05, 4.69) is 17.1 Å². The fourth-order valence-electron chi connectivity index (χ4n) is 2.71. The van der Waals surface area contributed by atoms with E-state index in [0.29, 0.717) is 11.1 Å². The van der Waals surface area contributed by atoms with Gasteiger partial charge in [0.05, 0.1) is 5.56 Å². The van der Waals surface area contributed by atoms with Crippen molar-refractivity contribution in [2.75, 3.05) is 0 Å². The standard InChI is InChI=1S/C16H15NO2/c18-16(19)14-7-8-17-10-15(14)13-6-5-11-3-1-2-4-12(11)9-13/h5-10H,1-4H2,(H,18,19). The van der Waals surface area contributed by atoms with Gasteiger partial charge < -0.3 is 5.11 Å². The van der Waals surface area contributed by atoms with E-state index in [1.807, 2.05) is 6.07 Å². The number of rotatable bonds is 2. The van der Waals surface area contributed by atoms with Gasteiger partial charge in [0.1, 0.15) is 0 Å². The molecule has 3 heteroatoms. The summed E-state index contributed by atoms with van der Waals surface area (Å²) < 4.78 is 0. The van der Waals surface area contributed by atoms with Crippen LogP contribution in [0.2, 0.25) is 0 Å². The molecular formula is C16H15NO2. The topological polar surface area (TPSA) is 50.2 Å². The summed E-state index contributed by atoms with van der Waals surface area (Å²) in [6.45, 7) is 0. The van der Waals surface area contributed by atoms with Gasteiger partial charge in [0.15, 0.2) is 0 Å². The lowest BCUT2D eigenvalue weighted by Gasteiger charge is -2.17. The molecule has 1 aromatic heterocycles. The zero-order chi connectivity index (χ0) is 13.2. The third kappa shape index (κ3) is 2.24. The smallest absolute Gasteiger partial charge is 0.336 e. The highest BCUT2D eigenvalue weighted by Gasteiger charge is 2.14. The SMILES string of the molecule is O=C(O)c1ccncc1-c1ccc2c(c1)CCCC2. The first kappa shape index (κ1) is 11.9. The third-order valence-corrected chi connectivity index (χ3v) is 3.71. The number of carboxylic acids is 1. The Kier molecular flexibility index (Phi) is 3.03. The minimum atomic E-state index is -0.907. The molecule has 1 aliphatic rings. The van der Waals surface area contributed by atoms with Gasteiger partial charge in [-0.3, -0.25) is 4.98 Å². The van der Waals surface area contributed by atoms with E-state index in [9.17, 15) is 9.90 Å². The minimum absolute atomic E-state index is 0.311.